The van der Waals surface area contributed by atoms with Gasteiger partial charge in [0.15, 0.2) is 0 Å². The molecule has 1 amide bonds. The molecule has 0 atom stereocenters. The zero-order chi connectivity index (χ0) is 16.2. The average Bonchev–Trinajstić information content (AvgIpc) is 2.89. The van der Waals surface area contributed by atoms with E-state index in [9.17, 15) is 4.79 Å². The minimum atomic E-state index is -0.325. The zero-order valence-electron chi connectivity index (χ0n) is 12.4. The van der Waals surface area contributed by atoms with Gasteiger partial charge in [-0.25, -0.2) is 9.67 Å². The number of benzene rings is 1. The van der Waals surface area contributed by atoms with Crippen LogP contribution in [0.3, 0.4) is 0 Å². The summed E-state index contributed by atoms with van der Waals surface area (Å²) in [5, 5.41) is 7.81. The van der Waals surface area contributed by atoms with Crippen molar-refractivity contribution >= 4 is 23.3 Å². The van der Waals surface area contributed by atoms with Crippen molar-refractivity contribution in [3.63, 3.8) is 0 Å². The largest absolute Gasteiger partial charge is 0.305 e. The first-order chi connectivity index (χ1) is 11.1. The lowest BCUT2D eigenvalue weighted by atomic mass is 10.2. The summed E-state index contributed by atoms with van der Waals surface area (Å²) in [6.45, 7) is 2.39. The van der Waals surface area contributed by atoms with Crippen molar-refractivity contribution in [2.45, 2.75) is 13.5 Å². The standard InChI is InChI=1S/C16H14ClN5O/c1-11-8-20-22(10-12-3-2-4-13(17)7-12)15(11)21-16(23)14-9-18-5-6-19-14/h2-9H,10H2,1H3,(H,21,23). The fraction of sp³-hybridized carbons (Fsp3) is 0.125. The number of halogens is 1. The molecule has 0 spiro atoms. The molecule has 0 saturated carbocycles. The van der Waals surface area contributed by atoms with E-state index in [-0.39, 0.29) is 11.6 Å². The van der Waals surface area contributed by atoms with Crippen molar-refractivity contribution in [1.29, 1.82) is 0 Å². The summed E-state index contributed by atoms with van der Waals surface area (Å²) in [6, 6.07) is 7.52. The number of rotatable bonds is 4. The summed E-state index contributed by atoms with van der Waals surface area (Å²) in [5.41, 5.74) is 2.11. The van der Waals surface area contributed by atoms with Crippen LogP contribution in [0.1, 0.15) is 21.6 Å². The molecule has 7 heteroatoms. The maximum atomic E-state index is 12.2. The molecule has 2 heterocycles. The van der Waals surface area contributed by atoms with Crippen LogP contribution in [0.15, 0.2) is 49.1 Å². The molecule has 23 heavy (non-hydrogen) atoms. The predicted molar refractivity (Wildman–Crippen MR) is 87.5 cm³/mol. The lowest BCUT2D eigenvalue weighted by Crippen LogP contribution is -2.18. The van der Waals surface area contributed by atoms with Gasteiger partial charge in [-0.1, -0.05) is 23.7 Å². The Hall–Kier alpha value is -2.73. The first-order valence-electron chi connectivity index (χ1n) is 6.97. The molecule has 1 aromatic carbocycles. The molecule has 0 saturated heterocycles. The van der Waals surface area contributed by atoms with Gasteiger partial charge in [-0.2, -0.15) is 5.10 Å². The highest BCUT2D eigenvalue weighted by atomic mass is 35.5. The minimum Gasteiger partial charge on any atom is -0.305 e. The van der Waals surface area contributed by atoms with Crippen molar-refractivity contribution in [3.8, 4) is 0 Å². The SMILES string of the molecule is Cc1cnn(Cc2cccc(Cl)c2)c1NC(=O)c1cnccn1. The van der Waals surface area contributed by atoms with E-state index in [0.29, 0.717) is 17.4 Å². The van der Waals surface area contributed by atoms with Crippen molar-refractivity contribution in [3.05, 3.63) is 70.9 Å². The molecule has 116 valence electrons. The molecular formula is C16H14ClN5O. The van der Waals surface area contributed by atoms with E-state index in [0.717, 1.165) is 11.1 Å². The van der Waals surface area contributed by atoms with Gasteiger partial charge in [0, 0.05) is 23.0 Å². The minimum absolute atomic E-state index is 0.252. The van der Waals surface area contributed by atoms with Gasteiger partial charge >= 0.3 is 0 Å². The Kier molecular flexibility index (Phi) is 4.34. The molecule has 1 N–H and O–H groups in total. The van der Waals surface area contributed by atoms with Gasteiger partial charge in [-0.05, 0) is 24.6 Å². The normalized spacial score (nSPS) is 10.5. The van der Waals surface area contributed by atoms with Crippen LogP contribution in [-0.2, 0) is 6.54 Å². The molecule has 2 aromatic heterocycles. The Labute approximate surface area is 138 Å². The maximum absolute atomic E-state index is 12.2. The Morgan fingerprint density at radius 3 is 2.91 bits per heavy atom. The van der Waals surface area contributed by atoms with Crippen LogP contribution in [0.25, 0.3) is 0 Å². The van der Waals surface area contributed by atoms with Crippen molar-refractivity contribution < 1.29 is 4.79 Å². The second-order valence-corrected chi connectivity index (χ2v) is 5.44. The van der Waals surface area contributed by atoms with E-state index in [1.807, 2.05) is 31.2 Å². The van der Waals surface area contributed by atoms with Crippen molar-refractivity contribution in [1.82, 2.24) is 19.7 Å². The van der Waals surface area contributed by atoms with E-state index >= 15 is 0 Å². The monoisotopic (exact) mass is 327 g/mol. The quantitative estimate of drug-likeness (QED) is 0.799. The number of carbonyl (C=O) groups is 1. The summed E-state index contributed by atoms with van der Waals surface area (Å²) < 4.78 is 1.72. The third-order valence-corrected chi connectivity index (χ3v) is 3.51. The molecule has 0 aliphatic heterocycles. The van der Waals surface area contributed by atoms with Crippen LogP contribution >= 0.6 is 11.6 Å². The molecule has 0 aliphatic carbocycles. The number of nitrogens with one attached hydrogen (secondary N) is 1. The predicted octanol–water partition coefficient (Wildman–Crippen LogP) is 2.94. The lowest BCUT2D eigenvalue weighted by Gasteiger charge is -2.10. The van der Waals surface area contributed by atoms with Gasteiger partial charge in [0.25, 0.3) is 5.91 Å². The maximum Gasteiger partial charge on any atom is 0.277 e. The highest BCUT2D eigenvalue weighted by Crippen LogP contribution is 2.18. The van der Waals surface area contributed by atoms with E-state index < -0.39 is 0 Å². The lowest BCUT2D eigenvalue weighted by molar-refractivity contribution is 0.102. The second kappa shape index (κ2) is 6.58. The van der Waals surface area contributed by atoms with Crippen LogP contribution < -0.4 is 5.32 Å². The zero-order valence-corrected chi connectivity index (χ0v) is 13.2. The van der Waals surface area contributed by atoms with E-state index in [4.69, 9.17) is 11.6 Å². The fourth-order valence-corrected chi connectivity index (χ4v) is 2.37. The van der Waals surface area contributed by atoms with Crippen molar-refractivity contribution in [2.24, 2.45) is 0 Å². The molecule has 6 nitrogen and oxygen atoms in total. The number of nitrogens with zero attached hydrogens (tertiary/aromatic N) is 4. The molecule has 0 bridgehead atoms. The summed E-state index contributed by atoms with van der Waals surface area (Å²) >= 11 is 6.01. The third kappa shape index (κ3) is 3.54. The third-order valence-electron chi connectivity index (χ3n) is 3.27. The van der Waals surface area contributed by atoms with Gasteiger partial charge in [0.1, 0.15) is 11.5 Å². The van der Waals surface area contributed by atoms with Crippen LogP contribution in [0.2, 0.25) is 5.02 Å². The Balaban J connectivity index is 1.83. The van der Waals surface area contributed by atoms with Crippen LogP contribution in [-0.4, -0.2) is 25.7 Å². The van der Waals surface area contributed by atoms with Gasteiger partial charge in [0.05, 0.1) is 18.9 Å². The van der Waals surface area contributed by atoms with Gasteiger partial charge in [0.2, 0.25) is 0 Å². The van der Waals surface area contributed by atoms with Gasteiger partial charge in [-0.15, -0.1) is 0 Å². The Bertz CT molecular complexity index is 831. The summed E-state index contributed by atoms with van der Waals surface area (Å²) in [6.07, 6.45) is 6.12. The van der Waals surface area contributed by atoms with Gasteiger partial charge < -0.3 is 5.32 Å². The van der Waals surface area contributed by atoms with Crippen LogP contribution in [0.5, 0.6) is 0 Å². The molecular weight excluding hydrogens is 314 g/mol. The van der Waals surface area contributed by atoms with E-state index in [1.165, 1.54) is 18.6 Å². The summed E-state index contributed by atoms with van der Waals surface area (Å²) in [4.78, 5) is 20.1. The number of hydrogen-bond acceptors (Lipinski definition) is 4. The van der Waals surface area contributed by atoms with E-state index in [2.05, 4.69) is 20.4 Å². The van der Waals surface area contributed by atoms with Gasteiger partial charge in [-0.3, -0.25) is 9.78 Å². The number of hydrogen-bond donors (Lipinski definition) is 1. The first-order valence-corrected chi connectivity index (χ1v) is 7.35. The highest BCUT2D eigenvalue weighted by molar-refractivity contribution is 6.30. The fourth-order valence-electron chi connectivity index (χ4n) is 2.16. The smallest absolute Gasteiger partial charge is 0.277 e. The Morgan fingerprint density at radius 2 is 2.17 bits per heavy atom. The molecule has 3 aromatic rings. The number of aryl methyl sites for hydroxylation is 1. The van der Waals surface area contributed by atoms with Crippen molar-refractivity contribution in [2.75, 3.05) is 5.32 Å². The Morgan fingerprint density at radius 1 is 1.30 bits per heavy atom. The van der Waals surface area contributed by atoms with Crippen LogP contribution in [0, 0.1) is 6.92 Å². The molecule has 0 unspecified atom stereocenters. The molecule has 3 rings (SSSR count). The average molecular weight is 328 g/mol. The number of anilines is 1. The van der Waals surface area contributed by atoms with Crippen LogP contribution in [0.4, 0.5) is 5.82 Å². The molecule has 0 fully saturated rings. The number of amides is 1. The summed E-state index contributed by atoms with van der Waals surface area (Å²) in [5.74, 6) is 0.301. The highest BCUT2D eigenvalue weighted by Gasteiger charge is 2.14. The summed E-state index contributed by atoms with van der Waals surface area (Å²) in [7, 11) is 0. The van der Waals surface area contributed by atoms with E-state index in [1.54, 1.807) is 10.9 Å². The number of aromatic nitrogens is 4. The molecule has 0 aliphatic rings. The topological polar surface area (TPSA) is 72.7 Å². The molecule has 0 radical (unpaired) electrons. The second-order valence-electron chi connectivity index (χ2n) is 5.01. The first kappa shape index (κ1) is 15.2. The number of carbonyl (C=O) groups excluding carboxylic acids is 1.